The zero-order valence-electron chi connectivity index (χ0n) is 12.5. The Bertz CT molecular complexity index is 687. The van der Waals surface area contributed by atoms with Crippen molar-refractivity contribution in [3.8, 4) is 5.75 Å². The number of halogens is 1. The molecule has 1 aliphatic heterocycles. The summed E-state index contributed by atoms with van der Waals surface area (Å²) in [5.74, 6) is 1.33. The maximum atomic E-state index is 12.5. The van der Waals surface area contributed by atoms with E-state index in [1.165, 1.54) is 24.8 Å². The van der Waals surface area contributed by atoms with Crippen LogP contribution in [0, 0.1) is 5.92 Å². The molecular formula is C19H19BrO2. The van der Waals surface area contributed by atoms with Gasteiger partial charge in [-0.15, -0.1) is 0 Å². The van der Waals surface area contributed by atoms with E-state index in [-0.39, 0.29) is 11.9 Å². The molecule has 0 bridgehead atoms. The van der Waals surface area contributed by atoms with Crippen LogP contribution in [0.4, 0.5) is 0 Å². The van der Waals surface area contributed by atoms with Gasteiger partial charge in [0, 0.05) is 16.8 Å². The Morgan fingerprint density at radius 3 is 3.05 bits per heavy atom. The summed E-state index contributed by atoms with van der Waals surface area (Å²) in [7, 11) is 0. The molecule has 0 N–H and O–H groups in total. The number of carbonyl (C=O) groups excluding carboxylic acids is 1. The van der Waals surface area contributed by atoms with Crippen LogP contribution in [0.3, 0.4) is 0 Å². The van der Waals surface area contributed by atoms with Crippen molar-refractivity contribution in [2.75, 3.05) is 0 Å². The second-order valence-corrected chi connectivity index (χ2v) is 7.34. The second kappa shape index (κ2) is 5.69. The van der Waals surface area contributed by atoms with Gasteiger partial charge in [-0.05, 0) is 55.9 Å². The zero-order chi connectivity index (χ0) is 15.1. The highest BCUT2D eigenvalue weighted by Gasteiger charge is 2.36. The minimum absolute atomic E-state index is 0.00535. The van der Waals surface area contributed by atoms with Crippen LogP contribution in [0.2, 0.25) is 0 Å². The lowest BCUT2D eigenvalue weighted by molar-refractivity contribution is 0.0755. The quantitative estimate of drug-likeness (QED) is 0.686. The van der Waals surface area contributed by atoms with E-state index < -0.39 is 0 Å². The molecule has 1 heterocycles. The van der Waals surface area contributed by atoms with Crippen molar-refractivity contribution in [2.24, 2.45) is 5.92 Å². The van der Waals surface area contributed by atoms with Crippen LogP contribution in [0.25, 0.3) is 0 Å². The fraction of sp³-hybridized carbons (Fsp3) is 0.421. The molecule has 2 atom stereocenters. The van der Waals surface area contributed by atoms with E-state index in [1.54, 1.807) is 5.57 Å². The molecule has 1 aromatic rings. The van der Waals surface area contributed by atoms with Gasteiger partial charge in [-0.25, -0.2) is 0 Å². The molecule has 3 aliphatic rings. The smallest absolute Gasteiger partial charge is 0.170 e. The number of Topliss-reactive ketones (excluding diaryl/α,β-unsaturated/α-hetero) is 1. The van der Waals surface area contributed by atoms with Crippen molar-refractivity contribution in [3.05, 3.63) is 51.5 Å². The Balaban J connectivity index is 1.66. The molecule has 2 nitrogen and oxygen atoms in total. The van der Waals surface area contributed by atoms with Crippen LogP contribution in [-0.2, 0) is 0 Å². The normalized spacial score (nSPS) is 27.2. The molecule has 0 spiro atoms. The standard InChI is InChI=1S/C19H19BrO2/c20-13-8-9-18-16(10-13)17(21)11-19(22-18)15-7-3-5-12-4-1-2-6-14(12)15/h2,6,8-10,15,19H,1,3-5,7,11H2. The fourth-order valence-corrected chi connectivity index (χ4v) is 4.37. The summed E-state index contributed by atoms with van der Waals surface area (Å²) in [5, 5.41) is 0. The molecule has 2 aliphatic carbocycles. The van der Waals surface area contributed by atoms with Crippen molar-refractivity contribution in [1.82, 2.24) is 0 Å². The monoisotopic (exact) mass is 358 g/mol. The number of carbonyl (C=O) groups is 1. The number of hydrogen-bond acceptors (Lipinski definition) is 2. The number of hydrogen-bond donors (Lipinski definition) is 0. The van der Waals surface area contributed by atoms with E-state index in [0.717, 1.165) is 28.6 Å². The molecule has 4 rings (SSSR count). The third kappa shape index (κ3) is 2.45. The molecule has 2 unspecified atom stereocenters. The Kier molecular flexibility index (Phi) is 3.69. The van der Waals surface area contributed by atoms with E-state index in [1.807, 2.05) is 18.2 Å². The summed E-state index contributed by atoms with van der Waals surface area (Å²) < 4.78 is 7.17. The first-order valence-corrected chi connectivity index (χ1v) is 8.89. The topological polar surface area (TPSA) is 26.3 Å². The third-order valence-corrected chi connectivity index (χ3v) is 5.56. The van der Waals surface area contributed by atoms with E-state index in [0.29, 0.717) is 12.3 Å². The van der Waals surface area contributed by atoms with Gasteiger partial charge in [-0.3, -0.25) is 4.79 Å². The molecule has 0 radical (unpaired) electrons. The van der Waals surface area contributed by atoms with E-state index >= 15 is 0 Å². The molecule has 22 heavy (non-hydrogen) atoms. The van der Waals surface area contributed by atoms with Crippen LogP contribution in [-0.4, -0.2) is 11.9 Å². The lowest BCUT2D eigenvalue weighted by atomic mass is 9.74. The Labute approximate surface area is 139 Å². The van der Waals surface area contributed by atoms with Gasteiger partial charge in [-0.2, -0.15) is 0 Å². The summed E-state index contributed by atoms with van der Waals surface area (Å²) >= 11 is 3.43. The lowest BCUT2D eigenvalue weighted by Gasteiger charge is -2.36. The van der Waals surface area contributed by atoms with Crippen LogP contribution < -0.4 is 4.74 Å². The van der Waals surface area contributed by atoms with Crippen LogP contribution in [0.15, 0.2) is 46.0 Å². The van der Waals surface area contributed by atoms with Gasteiger partial charge in [0.15, 0.2) is 5.78 Å². The second-order valence-electron chi connectivity index (χ2n) is 6.42. The number of ketones is 1. The largest absolute Gasteiger partial charge is 0.489 e. The summed E-state index contributed by atoms with van der Waals surface area (Å²) in [6, 6.07) is 5.73. The highest BCUT2D eigenvalue weighted by Crippen LogP contribution is 2.42. The number of ether oxygens (including phenoxy) is 1. The van der Waals surface area contributed by atoms with Crippen molar-refractivity contribution < 1.29 is 9.53 Å². The summed E-state index contributed by atoms with van der Waals surface area (Å²) in [6.07, 6.45) is 11.0. The number of benzene rings is 1. The number of allylic oxidation sites excluding steroid dienone is 3. The Morgan fingerprint density at radius 1 is 1.23 bits per heavy atom. The SMILES string of the molecule is O=C1CC(C2CCCC3=C2C=CCC3)Oc2ccc(Br)cc21. The maximum Gasteiger partial charge on any atom is 0.170 e. The molecule has 0 saturated carbocycles. The first-order chi connectivity index (χ1) is 10.7. The first-order valence-electron chi connectivity index (χ1n) is 8.10. The minimum Gasteiger partial charge on any atom is -0.489 e. The Morgan fingerprint density at radius 2 is 2.14 bits per heavy atom. The van der Waals surface area contributed by atoms with E-state index in [9.17, 15) is 4.79 Å². The zero-order valence-corrected chi connectivity index (χ0v) is 14.1. The molecule has 0 fully saturated rings. The summed E-state index contributed by atoms with van der Waals surface area (Å²) in [6.45, 7) is 0. The molecule has 0 saturated heterocycles. The van der Waals surface area contributed by atoms with Crippen LogP contribution in [0.1, 0.15) is 48.9 Å². The van der Waals surface area contributed by atoms with Crippen LogP contribution in [0.5, 0.6) is 5.75 Å². The number of fused-ring (bicyclic) bond motifs is 1. The summed E-state index contributed by atoms with van der Waals surface area (Å²) in [4.78, 5) is 12.5. The van der Waals surface area contributed by atoms with Crippen molar-refractivity contribution >= 4 is 21.7 Å². The van der Waals surface area contributed by atoms with Crippen molar-refractivity contribution in [1.29, 1.82) is 0 Å². The van der Waals surface area contributed by atoms with Crippen molar-refractivity contribution in [2.45, 2.75) is 44.6 Å². The average molecular weight is 359 g/mol. The van der Waals surface area contributed by atoms with Crippen LogP contribution >= 0.6 is 15.9 Å². The van der Waals surface area contributed by atoms with E-state index in [4.69, 9.17) is 4.74 Å². The summed E-state index contributed by atoms with van der Waals surface area (Å²) in [5.41, 5.74) is 3.77. The molecule has 3 heteroatoms. The van der Waals surface area contributed by atoms with E-state index in [2.05, 4.69) is 28.1 Å². The van der Waals surface area contributed by atoms with Gasteiger partial charge in [0.2, 0.25) is 0 Å². The average Bonchev–Trinajstić information content (AvgIpc) is 2.55. The highest BCUT2D eigenvalue weighted by molar-refractivity contribution is 9.10. The van der Waals surface area contributed by atoms with Gasteiger partial charge in [0.25, 0.3) is 0 Å². The molecule has 1 aromatic carbocycles. The minimum atomic E-state index is -0.00535. The van der Waals surface area contributed by atoms with Gasteiger partial charge in [0.1, 0.15) is 11.9 Å². The van der Waals surface area contributed by atoms with Gasteiger partial charge >= 0.3 is 0 Å². The Hall–Kier alpha value is -1.35. The third-order valence-electron chi connectivity index (χ3n) is 5.07. The van der Waals surface area contributed by atoms with Gasteiger partial charge in [0.05, 0.1) is 5.56 Å². The van der Waals surface area contributed by atoms with Gasteiger partial charge < -0.3 is 4.74 Å². The molecule has 114 valence electrons. The predicted molar refractivity (Wildman–Crippen MR) is 90.2 cm³/mol. The van der Waals surface area contributed by atoms with Crippen molar-refractivity contribution in [3.63, 3.8) is 0 Å². The van der Waals surface area contributed by atoms with Gasteiger partial charge in [-0.1, -0.05) is 33.7 Å². The lowest BCUT2D eigenvalue weighted by Crippen LogP contribution is -2.36. The fourth-order valence-electron chi connectivity index (χ4n) is 4.01. The molecular weight excluding hydrogens is 340 g/mol. The number of rotatable bonds is 1. The molecule has 0 aromatic heterocycles. The first kappa shape index (κ1) is 14.3. The molecule has 0 amide bonds. The maximum absolute atomic E-state index is 12.5. The predicted octanol–water partition coefficient (Wildman–Crippen LogP) is 5.23. The highest BCUT2D eigenvalue weighted by atomic mass is 79.9.